The average Bonchev–Trinajstić information content (AvgIpc) is 2.84. The minimum atomic E-state index is -1.13. The summed E-state index contributed by atoms with van der Waals surface area (Å²) < 4.78 is 0. The Kier molecular flexibility index (Phi) is 4.19. The first kappa shape index (κ1) is 13.6. The molecule has 0 bridgehead atoms. The van der Waals surface area contributed by atoms with Gasteiger partial charge in [0, 0.05) is 10.6 Å². The van der Waals surface area contributed by atoms with Gasteiger partial charge in [-0.2, -0.15) is 0 Å². The number of benzene rings is 1. The summed E-state index contributed by atoms with van der Waals surface area (Å²) in [5.41, 5.74) is 0.388. The van der Waals surface area contributed by atoms with Crippen LogP contribution in [0.5, 0.6) is 0 Å². The van der Waals surface area contributed by atoms with E-state index in [1.807, 2.05) is 17.5 Å². The Morgan fingerprint density at radius 1 is 1.32 bits per heavy atom. The third-order valence-corrected chi connectivity index (χ3v) is 3.60. The largest absolute Gasteiger partial charge is 0.478 e. The number of carbonyl (C=O) groups excluding carboxylic acids is 1. The van der Waals surface area contributed by atoms with E-state index in [1.165, 1.54) is 23.5 Å². The highest BCUT2D eigenvalue weighted by atomic mass is 35.5. The lowest BCUT2D eigenvalue weighted by Gasteiger charge is -2.06. The summed E-state index contributed by atoms with van der Waals surface area (Å²) in [5.74, 6) is -1.32. The first-order valence-electron chi connectivity index (χ1n) is 5.41. The molecular weight excluding hydrogens is 286 g/mol. The third kappa shape index (κ3) is 3.56. The zero-order chi connectivity index (χ0) is 13.8. The highest BCUT2D eigenvalue weighted by molar-refractivity contribution is 7.10. The number of hydrogen-bond donors (Lipinski definition) is 2. The molecule has 0 aliphatic carbocycles. The maximum absolute atomic E-state index is 11.8. The summed E-state index contributed by atoms with van der Waals surface area (Å²) in [5, 5.41) is 13.6. The van der Waals surface area contributed by atoms with Crippen LogP contribution in [0.4, 0.5) is 5.69 Å². The van der Waals surface area contributed by atoms with Crippen molar-refractivity contribution in [1.82, 2.24) is 0 Å². The summed E-state index contributed by atoms with van der Waals surface area (Å²) >= 11 is 7.25. The van der Waals surface area contributed by atoms with Crippen LogP contribution in [-0.2, 0) is 11.2 Å². The first-order chi connectivity index (χ1) is 9.06. The van der Waals surface area contributed by atoms with Crippen molar-refractivity contribution >= 4 is 40.5 Å². The number of carboxylic acid groups (broad SMARTS) is 1. The molecule has 4 nitrogen and oxygen atoms in total. The number of halogens is 1. The van der Waals surface area contributed by atoms with Gasteiger partial charge < -0.3 is 10.4 Å². The van der Waals surface area contributed by atoms with Gasteiger partial charge in [0.2, 0.25) is 5.91 Å². The van der Waals surface area contributed by atoms with Crippen molar-refractivity contribution in [2.75, 3.05) is 5.32 Å². The fourth-order valence-electron chi connectivity index (χ4n) is 1.54. The van der Waals surface area contributed by atoms with Gasteiger partial charge >= 0.3 is 5.97 Å². The van der Waals surface area contributed by atoms with Gasteiger partial charge in [-0.15, -0.1) is 11.3 Å². The second-order valence-corrected chi connectivity index (χ2v) is 5.24. The van der Waals surface area contributed by atoms with Crippen LogP contribution in [0.25, 0.3) is 0 Å². The molecule has 0 aliphatic rings. The smallest absolute Gasteiger partial charge is 0.337 e. The molecule has 1 heterocycles. The van der Waals surface area contributed by atoms with Crippen LogP contribution in [0.15, 0.2) is 35.7 Å². The maximum atomic E-state index is 11.8. The van der Waals surface area contributed by atoms with Crippen molar-refractivity contribution in [1.29, 1.82) is 0 Å². The predicted octanol–water partition coefficient (Wildman–Crippen LogP) is 3.28. The molecule has 2 aromatic rings. The van der Waals surface area contributed by atoms with E-state index in [9.17, 15) is 9.59 Å². The van der Waals surface area contributed by atoms with Crippen LogP contribution in [0.2, 0.25) is 5.02 Å². The lowest BCUT2D eigenvalue weighted by atomic mass is 10.2. The zero-order valence-corrected chi connectivity index (χ0v) is 11.3. The van der Waals surface area contributed by atoms with Gasteiger partial charge in [-0.05, 0) is 29.6 Å². The highest BCUT2D eigenvalue weighted by Crippen LogP contribution is 2.21. The fraction of sp³-hybridized carbons (Fsp3) is 0.0769. The fourth-order valence-corrected chi connectivity index (χ4v) is 2.45. The van der Waals surface area contributed by atoms with E-state index < -0.39 is 5.97 Å². The molecule has 1 amide bonds. The molecule has 19 heavy (non-hydrogen) atoms. The van der Waals surface area contributed by atoms with Crippen LogP contribution in [0, 0.1) is 0 Å². The molecule has 98 valence electrons. The number of amides is 1. The molecule has 2 rings (SSSR count). The molecule has 0 unspecified atom stereocenters. The number of aromatic carboxylic acids is 1. The van der Waals surface area contributed by atoms with Crippen molar-refractivity contribution in [2.24, 2.45) is 0 Å². The first-order valence-corrected chi connectivity index (χ1v) is 6.67. The molecule has 6 heteroatoms. The monoisotopic (exact) mass is 295 g/mol. The van der Waals surface area contributed by atoms with Crippen molar-refractivity contribution in [3.63, 3.8) is 0 Å². The molecule has 0 spiro atoms. The molecule has 1 aromatic carbocycles. The van der Waals surface area contributed by atoms with Gasteiger partial charge in [-0.25, -0.2) is 4.79 Å². The number of thiophene rings is 1. The van der Waals surface area contributed by atoms with Gasteiger partial charge in [0.05, 0.1) is 17.0 Å². The minimum absolute atomic E-state index is 0.0319. The molecule has 1 aromatic heterocycles. The third-order valence-electron chi connectivity index (χ3n) is 2.40. The molecule has 0 saturated heterocycles. The highest BCUT2D eigenvalue weighted by Gasteiger charge is 2.11. The summed E-state index contributed by atoms with van der Waals surface area (Å²) in [4.78, 5) is 23.6. The summed E-state index contributed by atoms with van der Waals surface area (Å²) in [6, 6.07) is 8.11. The summed E-state index contributed by atoms with van der Waals surface area (Å²) in [6.07, 6.45) is 0.267. The number of nitrogens with one attached hydrogen (secondary N) is 1. The van der Waals surface area contributed by atoms with Crippen LogP contribution >= 0.6 is 22.9 Å². The average molecular weight is 296 g/mol. The Bertz CT molecular complexity index is 610. The second kappa shape index (κ2) is 5.86. The van der Waals surface area contributed by atoms with Gasteiger partial charge in [0.25, 0.3) is 0 Å². The van der Waals surface area contributed by atoms with E-state index in [0.29, 0.717) is 5.69 Å². The van der Waals surface area contributed by atoms with E-state index in [0.717, 1.165) is 4.88 Å². The van der Waals surface area contributed by atoms with E-state index in [1.54, 1.807) is 6.07 Å². The van der Waals surface area contributed by atoms with Crippen molar-refractivity contribution in [3.05, 3.63) is 51.2 Å². The van der Waals surface area contributed by atoms with E-state index >= 15 is 0 Å². The lowest BCUT2D eigenvalue weighted by molar-refractivity contribution is -0.115. The van der Waals surface area contributed by atoms with Gasteiger partial charge in [0.1, 0.15) is 0 Å². The van der Waals surface area contributed by atoms with Crippen molar-refractivity contribution in [2.45, 2.75) is 6.42 Å². The number of carbonyl (C=O) groups is 2. The summed E-state index contributed by atoms with van der Waals surface area (Å²) in [6.45, 7) is 0. The Morgan fingerprint density at radius 2 is 2.11 bits per heavy atom. The zero-order valence-electron chi connectivity index (χ0n) is 9.72. The molecule has 0 atom stereocenters. The van der Waals surface area contributed by atoms with E-state index in [-0.39, 0.29) is 22.9 Å². The Morgan fingerprint density at radius 3 is 2.74 bits per heavy atom. The van der Waals surface area contributed by atoms with Crippen LogP contribution < -0.4 is 5.32 Å². The minimum Gasteiger partial charge on any atom is -0.478 e. The van der Waals surface area contributed by atoms with Gasteiger partial charge in [-0.1, -0.05) is 17.7 Å². The Balaban J connectivity index is 2.09. The van der Waals surface area contributed by atoms with Crippen LogP contribution in [-0.4, -0.2) is 17.0 Å². The molecule has 0 saturated carbocycles. The topological polar surface area (TPSA) is 66.4 Å². The standard InChI is InChI=1S/C13H10ClNO3S/c14-11-4-3-8(6-10(11)13(17)18)15-12(16)7-9-2-1-5-19-9/h1-6H,7H2,(H,15,16)(H,17,18). The summed E-state index contributed by atoms with van der Waals surface area (Å²) in [7, 11) is 0. The van der Waals surface area contributed by atoms with E-state index in [4.69, 9.17) is 16.7 Å². The van der Waals surface area contributed by atoms with Crippen LogP contribution in [0.1, 0.15) is 15.2 Å². The normalized spacial score (nSPS) is 10.2. The lowest BCUT2D eigenvalue weighted by Crippen LogP contribution is -2.14. The molecule has 0 aliphatic heterocycles. The number of anilines is 1. The molecule has 0 fully saturated rings. The van der Waals surface area contributed by atoms with Gasteiger partial charge in [-0.3, -0.25) is 4.79 Å². The number of rotatable bonds is 4. The SMILES string of the molecule is O=C(Cc1cccs1)Nc1ccc(Cl)c(C(=O)O)c1. The quantitative estimate of drug-likeness (QED) is 0.909. The van der Waals surface area contributed by atoms with Crippen molar-refractivity contribution < 1.29 is 14.7 Å². The second-order valence-electron chi connectivity index (χ2n) is 3.80. The molecule has 0 radical (unpaired) electrons. The number of carboxylic acids is 1. The predicted molar refractivity (Wildman–Crippen MR) is 75.1 cm³/mol. The van der Waals surface area contributed by atoms with Crippen LogP contribution in [0.3, 0.4) is 0 Å². The maximum Gasteiger partial charge on any atom is 0.337 e. The Hall–Kier alpha value is -1.85. The van der Waals surface area contributed by atoms with Crippen molar-refractivity contribution in [3.8, 4) is 0 Å². The molecular formula is C13H10ClNO3S. The number of hydrogen-bond acceptors (Lipinski definition) is 3. The van der Waals surface area contributed by atoms with Gasteiger partial charge in [0.15, 0.2) is 0 Å². The Labute approximate surface area is 118 Å². The van der Waals surface area contributed by atoms with E-state index in [2.05, 4.69) is 5.32 Å². The molecule has 2 N–H and O–H groups in total.